The molecule has 0 saturated carbocycles. The molecule has 3 nitrogen and oxygen atoms in total. The Balaban J connectivity index is 1.69. The summed E-state index contributed by atoms with van der Waals surface area (Å²) in [6.07, 6.45) is 0. The van der Waals surface area contributed by atoms with Crippen molar-refractivity contribution in [1.82, 2.24) is 4.90 Å². The average Bonchev–Trinajstić information content (AvgIpc) is 3.12. The van der Waals surface area contributed by atoms with Crippen molar-refractivity contribution in [2.45, 2.75) is 31.8 Å². The number of rotatable bonds is 6. The molecule has 2 aromatic carbocycles. The van der Waals surface area contributed by atoms with Gasteiger partial charge in [0, 0.05) is 17.9 Å². The molecule has 0 spiro atoms. The van der Waals surface area contributed by atoms with E-state index in [1.165, 1.54) is 22.6 Å². The van der Waals surface area contributed by atoms with Gasteiger partial charge in [0.1, 0.15) is 17.7 Å². The Morgan fingerprint density at radius 2 is 1.88 bits per heavy atom. The average molecular weight is 374 g/mol. The van der Waals surface area contributed by atoms with Crippen LogP contribution in [-0.2, 0) is 11.3 Å². The minimum atomic E-state index is -0.243. The van der Waals surface area contributed by atoms with Gasteiger partial charge < -0.3 is 9.80 Å². The van der Waals surface area contributed by atoms with Gasteiger partial charge in [-0.15, -0.1) is 11.8 Å². The van der Waals surface area contributed by atoms with E-state index in [1.54, 1.807) is 23.9 Å². The van der Waals surface area contributed by atoms with Crippen LogP contribution in [-0.4, -0.2) is 35.7 Å². The molecular formula is C21H26FN2OS+. The quantitative estimate of drug-likeness (QED) is 0.842. The molecule has 2 atom stereocenters. The number of carbonyl (C=O) groups excluding carboxylic acids is 1. The van der Waals surface area contributed by atoms with E-state index in [0.29, 0.717) is 12.6 Å². The summed E-state index contributed by atoms with van der Waals surface area (Å²) in [4.78, 5) is 16.2. The molecule has 1 fully saturated rings. The van der Waals surface area contributed by atoms with Gasteiger partial charge in [-0.25, -0.2) is 4.39 Å². The fourth-order valence-corrected chi connectivity index (χ4v) is 4.53. The van der Waals surface area contributed by atoms with Crippen LogP contribution in [0.5, 0.6) is 0 Å². The molecule has 138 valence electrons. The van der Waals surface area contributed by atoms with Gasteiger partial charge in [-0.2, -0.15) is 0 Å². The summed E-state index contributed by atoms with van der Waals surface area (Å²) in [5.74, 6) is 0.848. The van der Waals surface area contributed by atoms with E-state index in [-0.39, 0.29) is 17.1 Å². The summed E-state index contributed by atoms with van der Waals surface area (Å²) in [5, 5.41) is -0.00626. The zero-order valence-electron chi connectivity index (χ0n) is 15.3. The summed E-state index contributed by atoms with van der Waals surface area (Å²) in [7, 11) is 0. The van der Waals surface area contributed by atoms with Crippen LogP contribution in [0.1, 0.15) is 30.3 Å². The van der Waals surface area contributed by atoms with Crippen molar-refractivity contribution in [3.05, 3.63) is 71.5 Å². The van der Waals surface area contributed by atoms with Crippen molar-refractivity contribution < 1.29 is 14.1 Å². The number of nitrogens with zero attached hydrogens (tertiary/aromatic N) is 1. The molecule has 1 saturated heterocycles. The van der Waals surface area contributed by atoms with Gasteiger partial charge in [-0.05, 0) is 31.5 Å². The van der Waals surface area contributed by atoms with Crippen LogP contribution in [0.3, 0.4) is 0 Å². The Morgan fingerprint density at radius 1 is 1.19 bits per heavy atom. The van der Waals surface area contributed by atoms with E-state index in [9.17, 15) is 9.18 Å². The van der Waals surface area contributed by atoms with E-state index in [0.717, 1.165) is 24.4 Å². The molecule has 26 heavy (non-hydrogen) atoms. The lowest BCUT2D eigenvalue weighted by Crippen LogP contribution is -3.14. The second kappa shape index (κ2) is 8.69. The fraction of sp³-hybridized carbons (Fsp3) is 0.381. The predicted octanol–water partition coefficient (Wildman–Crippen LogP) is 2.89. The van der Waals surface area contributed by atoms with Crippen molar-refractivity contribution in [1.29, 1.82) is 0 Å². The number of carbonyl (C=O) groups is 1. The number of hydrogen-bond donors (Lipinski definition) is 1. The first kappa shape index (κ1) is 18.9. The van der Waals surface area contributed by atoms with E-state index in [1.807, 2.05) is 23.1 Å². The van der Waals surface area contributed by atoms with Crippen LogP contribution in [0.2, 0.25) is 0 Å². The van der Waals surface area contributed by atoms with Crippen LogP contribution in [0.4, 0.5) is 4.39 Å². The maximum Gasteiger partial charge on any atom is 0.278 e. The second-order valence-corrected chi connectivity index (χ2v) is 8.20. The number of thioether (sulfide) groups is 1. The van der Waals surface area contributed by atoms with Crippen LogP contribution in [0.15, 0.2) is 54.6 Å². The maximum atomic E-state index is 13.2. The Morgan fingerprint density at radius 3 is 2.54 bits per heavy atom. The van der Waals surface area contributed by atoms with Gasteiger partial charge in [0.25, 0.3) is 5.91 Å². The van der Waals surface area contributed by atoms with Crippen LogP contribution in [0.25, 0.3) is 0 Å². The lowest BCUT2D eigenvalue weighted by molar-refractivity contribution is -0.927. The normalized spacial score (nSPS) is 18.3. The van der Waals surface area contributed by atoms with Crippen molar-refractivity contribution in [3.8, 4) is 0 Å². The Hall–Kier alpha value is -1.85. The minimum absolute atomic E-state index is 0.00626. The van der Waals surface area contributed by atoms with E-state index in [2.05, 4.69) is 26.0 Å². The highest BCUT2D eigenvalue weighted by Gasteiger charge is 2.33. The minimum Gasteiger partial charge on any atom is -0.321 e. The third-order valence-corrected chi connectivity index (χ3v) is 6.10. The molecule has 3 rings (SSSR count). The van der Waals surface area contributed by atoms with Crippen molar-refractivity contribution in [2.24, 2.45) is 0 Å². The molecule has 0 bridgehead atoms. The van der Waals surface area contributed by atoms with Gasteiger partial charge in [0.15, 0.2) is 6.54 Å². The Labute approximate surface area is 159 Å². The van der Waals surface area contributed by atoms with Gasteiger partial charge in [0.05, 0.1) is 6.04 Å². The molecule has 2 aromatic rings. The first-order valence-electron chi connectivity index (χ1n) is 9.09. The fourth-order valence-electron chi connectivity index (χ4n) is 3.25. The monoisotopic (exact) mass is 373 g/mol. The lowest BCUT2D eigenvalue weighted by Gasteiger charge is -2.28. The first-order chi connectivity index (χ1) is 12.5. The highest BCUT2D eigenvalue weighted by atomic mass is 32.2. The van der Waals surface area contributed by atoms with Gasteiger partial charge in [0.2, 0.25) is 0 Å². The number of hydrogen-bond acceptors (Lipinski definition) is 2. The van der Waals surface area contributed by atoms with Crippen LogP contribution < -0.4 is 4.90 Å². The van der Waals surface area contributed by atoms with Gasteiger partial charge in [-0.1, -0.05) is 42.5 Å². The molecule has 1 aliphatic rings. The molecule has 1 unspecified atom stereocenters. The largest absolute Gasteiger partial charge is 0.321 e. The van der Waals surface area contributed by atoms with Crippen molar-refractivity contribution >= 4 is 17.7 Å². The molecule has 0 aliphatic carbocycles. The highest BCUT2D eigenvalue weighted by Crippen LogP contribution is 2.37. The van der Waals surface area contributed by atoms with E-state index in [4.69, 9.17) is 0 Å². The first-order valence-corrected chi connectivity index (χ1v) is 10.1. The Bertz CT molecular complexity index is 721. The zero-order valence-corrected chi connectivity index (χ0v) is 16.1. The second-order valence-electron chi connectivity index (χ2n) is 7.01. The molecule has 0 aromatic heterocycles. The Kier molecular flexibility index (Phi) is 6.33. The van der Waals surface area contributed by atoms with Crippen LogP contribution >= 0.6 is 11.8 Å². The molecule has 5 heteroatoms. The van der Waals surface area contributed by atoms with Gasteiger partial charge >= 0.3 is 0 Å². The topological polar surface area (TPSA) is 24.8 Å². The molecular weight excluding hydrogens is 347 g/mol. The molecule has 1 heterocycles. The lowest BCUT2D eigenvalue weighted by atomic mass is 10.1. The van der Waals surface area contributed by atoms with E-state index >= 15 is 0 Å². The summed E-state index contributed by atoms with van der Waals surface area (Å²) >= 11 is 1.75. The third-order valence-electron chi connectivity index (χ3n) is 4.84. The predicted molar refractivity (Wildman–Crippen MR) is 104 cm³/mol. The summed E-state index contributed by atoms with van der Waals surface area (Å²) in [6.45, 7) is 6.38. The standard InChI is InChI=1S/C21H25FN2OS/c1-16(2)23(14-17-6-4-3-5-7-17)15-20(25)24-12-13-26-21(24)18-8-10-19(22)11-9-18/h3-11,16,21H,12-15H2,1-2H3/p+1/t21-/m1/s1. The number of nitrogens with one attached hydrogen (secondary N) is 1. The van der Waals surface area contributed by atoms with Crippen LogP contribution in [0, 0.1) is 5.82 Å². The molecule has 0 radical (unpaired) electrons. The zero-order chi connectivity index (χ0) is 18.5. The smallest absolute Gasteiger partial charge is 0.278 e. The van der Waals surface area contributed by atoms with Crippen molar-refractivity contribution in [3.63, 3.8) is 0 Å². The number of quaternary nitrogens is 1. The highest BCUT2D eigenvalue weighted by molar-refractivity contribution is 7.99. The van der Waals surface area contributed by atoms with Gasteiger partial charge in [-0.3, -0.25) is 4.79 Å². The van der Waals surface area contributed by atoms with E-state index < -0.39 is 0 Å². The summed E-state index contributed by atoms with van der Waals surface area (Å²) in [6, 6.07) is 17.2. The maximum absolute atomic E-state index is 13.2. The SMILES string of the molecule is CC(C)[NH+](CC(=O)N1CCS[C@@H]1c1ccc(F)cc1)Cc1ccccc1. The molecule has 1 N–H and O–H groups in total. The summed E-state index contributed by atoms with van der Waals surface area (Å²) < 4.78 is 13.2. The number of benzene rings is 2. The molecule has 1 amide bonds. The number of halogens is 1. The summed E-state index contributed by atoms with van der Waals surface area (Å²) in [5.41, 5.74) is 2.24. The van der Waals surface area contributed by atoms with Crippen molar-refractivity contribution in [2.75, 3.05) is 18.8 Å². The molecule has 1 aliphatic heterocycles. The number of amides is 1. The third kappa shape index (κ3) is 4.65.